The number of hydrogen-bond acceptors (Lipinski definition) is 3. The third kappa shape index (κ3) is 1.71. The molecule has 2 N–H and O–H groups in total. The number of carbonyl (C=O) groups excluding carboxylic acids is 1. The van der Waals surface area contributed by atoms with E-state index in [0.717, 1.165) is 35.5 Å². The summed E-state index contributed by atoms with van der Waals surface area (Å²) in [6, 6.07) is 8.20. The Hall–Kier alpha value is -1.77. The van der Waals surface area contributed by atoms with Crippen LogP contribution >= 0.6 is 0 Å². The lowest BCUT2D eigenvalue weighted by molar-refractivity contribution is -0.116. The highest BCUT2D eigenvalue weighted by Crippen LogP contribution is 2.34. The highest BCUT2D eigenvalue weighted by molar-refractivity contribution is 6.00. The molecule has 0 saturated heterocycles. The maximum absolute atomic E-state index is 12.0. The van der Waals surface area contributed by atoms with E-state index in [1.165, 1.54) is 0 Å². The molecule has 1 aromatic carbocycles. The van der Waals surface area contributed by atoms with Gasteiger partial charge in [0.2, 0.25) is 0 Å². The molecule has 1 atom stereocenters. The van der Waals surface area contributed by atoms with Crippen LogP contribution in [-0.2, 0) is 4.79 Å². The van der Waals surface area contributed by atoms with E-state index in [-0.39, 0.29) is 11.8 Å². The summed E-state index contributed by atoms with van der Waals surface area (Å²) in [5.74, 6) is 0.284. The number of fused-ring (bicyclic) bond motifs is 1. The molecule has 3 nitrogen and oxygen atoms in total. The first-order chi connectivity index (χ1) is 8.25. The average Bonchev–Trinajstić information content (AvgIpc) is 2.45. The van der Waals surface area contributed by atoms with Crippen LogP contribution in [-0.4, -0.2) is 11.8 Å². The van der Waals surface area contributed by atoms with Crippen molar-refractivity contribution < 1.29 is 4.79 Å². The zero-order valence-electron chi connectivity index (χ0n) is 9.92. The van der Waals surface area contributed by atoms with Crippen LogP contribution in [0.3, 0.4) is 0 Å². The molecule has 2 aliphatic rings. The molecule has 0 aromatic heterocycles. The van der Waals surface area contributed by atoms with Crippen molar-refractivity contribution in [2.75, 3.05) is 10.6 Å². The molecule has 3 heteroatoms. The minimum Gasteiger partial charge on any atom is -0.377 e. The summed E-state index contributed by atoms with van der Waals surface area (Å²) in [5.41, 5.74) is 4.18. The van der Waals surface area contributed by atoms with Gasteiger partial charge in [-0.1, -0.05) is 12.1 Å². The van der Waals surface area contributed by atoms with Crippen molar-refractivity contribution in [2.45, 2.75) is 32.2 Å². The Labute approximate surface area is 101 Å². The highest BCUT2D eigenvalue weighted by atomic mass is 16.1. The summed E-state index contributed by atoms with van der Waals surface area (Å²) in [7, 11) is 0. The molecule has 1 unspecified atom stereocenters. The standard InChI is InChI=1S/C14H16N2O/c1-9-14-12(7-4-8-13(14)17)16-11-6-3-2-5-10(11)15-9/h2-3,5-6,9,15-16H,4,7-8H2,1H3. The van der Waals surface area contributed by atoms with Crippen LogP contribution in [0.15, 0.2) is 35.5 Å². The number of nitrogens with one attached hydrogen (secondary N) is 2. The summed E-state index contributed by atoms with van der Waals surface area (Å²) in [4.78, 5) is 12.0. The van der Waals surface area contributed by atoms with Gasteiger partial charge in [0, 0.05) is 17.7 Å². The largest absolute Gasteiger partial charge is 0.377 e. The van der Waals surface area contributed by atoms with E-state index in [2.05, 4.69) is 17.6 Å². The lowest BCUT2D eigenvalue weighted by atomic mass is 9.91. The van der Waals surface area contributed by atoms with E-state index in [0.29, 0.717) is 6.42 Å². The molecule has 1 aliphatic carbocycles. The number of Topliss-reactive ketones (excluding diaryl/α,β-unsaturated/α-hetero) is 1. The lowest BCUT2D eigenvalue weighted by Gasteiger charge is -2.21. The van der Waals surface area contributed by atoms with Crippen LogP contribution in [0.1, 0.15) is 26.2 Å². The van der Waals surface area contributed by atoms with Gasteiger partial charge in [-0.05, 0) is 31.9 Å². The third-order valence-corrected chi connectivity index (χ3v) is 3.47. The predicted octanol–water partition coefficient (Wildman–Crippen LogP) is 2.92. The van der Waals surface area contributed by atoms with E-state index >= 15 is 0 Å². The van der Waals surface area contributed by atoms with Crippen LogP contribution in [0.2, 0.25) is 0 Å². The quantitative estimate of drug-likeness (QED) is 0.717. The molecule has 0 radical (unpaired) electrons. The number of hydrogen-bond donors (Lipinski definition) is 2. The van der Waals surface area contributed by atoms with Gasteiger partial charge in [0.05, 0.1) is 17.4 Å². The first kappa shape index (κ1) is 10.4. The van der Waals surface area contributed by atoms with E-state index in [9.17, 15) is 4.79 Å². The van der Waals surface area contributed by atoms with Crippen molar-refractivity contribution >= 4 is 17.2 Å². The van der Waals surface area contributed by atoms with E-state index < -0.39 is 0 Å². The lowest BCUT2D eigenvalue weighted by Crippen LogP contribution is -2.26. The van der Waals surface area contributed by atoms with Gasteiger partial charge in [0.15, 0.2) is 5.78 Å². The molecule has 0 saturated carbocycles. The Morgan fingerprint density at radius 2 is 1.94 bits per heavy atom. The van der Waals surface area contributed by atoms with Gasteiger partial charge in [-0.2, -0.15) is 0 Å². The number of anilines is 2. The van der Waals surface area contributed by atoms with Gasteiger partial charge in [-0.3, -0.25) is 4.79 Å². The molecule has 0 spiro atoms. The maximum Gasteiger partial charge on any atom is 0.162 e. The van der Waals surface area contributed by atoms with Crippen LogP contribution in [0.25, 0.3) is 0 Å². The Morgan fingerprint density at radius 1 is 1.18 bits per heavy atom. The van der Waals surface area contributed by atoms with E-state index in [1.54, 1.807) is 0 Å². The predicted molar refractivity (Wildman–Crippen MR) is 69.0 cm³/mol. The first-order valence-corrected chi connectivity index (χ1v) is 6.14. The summed E-state index contributed by atoms with van der Waals surface area (Å²) < 4.78 is 0. The molecule has 0 bridgehead atoms. The third-order valence-electron chi connectivity index (χ3n) is 3.47. The topological polar surface area (TPSA) is 41.1 Å². The molecule has 3 rings (SSSR count). The molecule has 0 amide bonds. The van der Waals surface area contributed by atoms with Crippen LogP contribution in [0.5, 0.6) is 0 Å². The molecular formula is C14H16N2O. The summed E-state index contributed by atoms with van der Waals surface area (Å²) in [6.07, 6.45) is 2.61. The number of benzene rings is 1. The molecule has 1 aromatic rings. The van der Waals surface area contributed by atoms with Crippen molar-refractivity contribution in [3.8, 4) is 0 Å². The maximum atomic E-state index is 12.0. The second-order valence-corrected chi connectivity index (χ2v) is 4.71. The molecular weight excluding hydrogens is 212 g/mol. The zero-order chi connectivity index (χ0) is 11.8. The summed E-state index contributed by atoms with van der Waals surface area (Å²) in [6.45, 7) is 2.06. The van der Waals surface area contributed by atoms with Gasteiger partial charge in [-0.15, -0.1) is 0 Å². The second kappa shape index (κ2) is 3.91. The van der Waals surface area contributed by atoms with Gasteiger partial charge < -0.3 is 10.6 Å². The smallest absolute Gasteiger partial charge is 0.162 e. The molecule has 0 fully saturated rings. The SMILES string of the molecule is CC1Nc2ccccc2NC2=C1C(=O)CCC2. The average molecular weight is 228 g/mol. The Kier molecular flexibility index (Phi) is 2.39. The summed E-state index contributed by atoms with van der Waals surface area (Å²) >= 11 is 0. The van der Waals surface area contributed by atoms with Crippen LogP contribution in [0.4, 0.5) is 11.4 Å². The van der Waals surface area contributed by atoms with Crippen molar-refractivity contribution in [1.82, 2.24) is 0 Å². The monoisotopic (exact) mass is 228 g/mol. The van der Waals surface area contributed by atoms with E-state index in [4.69, 9.17) is 0 Å². The Bertz CT molecular complexity index is 505. The molecule has 88 valence electrons. The minimum absolute atomic E-state index is 0.0916. The first-order valence-electron chi connectivity index (χ1n) is 6.14. The molecule has 1 aliphatic heterocycles. The fourth-order valence-electron chi connectivity index (χ4n) is 2.68. The molecule has 17 heavy (non-hydrogen) atoms. The van der Waals surface area contributed by atoms with Crippen LogP contribution in [0, 0.1) is 0 Å². The van der Waals surface area contributed by atoms with Gasteiger partial charge in [0.25, 0.3) is 0 Å². The number of para-hydroxylation sites is 2. The molecule has 1 heterocycles. The van der Waals surface area contributed by atoms with Gasteiger partial charge in [0.1, 0.15) is 0 Å². The number of rotatable bonds is 0. The fourth-order valence-corrected chi connectivity index (χ4v) is 2.68. The fraction of sp³-hybridized carbons (Fsp3) is 0.357. The van der Waals surface area contributed by atoms with Crippen LogP contribution < -0.4 is 10.6 Å². The zero-order valence-corrected chi connectivity index (χ0v) is 9.92. The number of allylic oxidation sites excluding steroid dienone is 1. The second-order valence-electron chi connectivity index (χ2n) is 4.71. The van der Waals surface area contributed by atoms with Crippen molar-refractivity contribution in [3.63, 3.8) is 0 Å². The number of ketones is 1. The summed E-state index contributed by atoms with van der Waals surface area (Å²) in [5, 5.41) is 6.83. The Morgan fingerprint density at radius 3 is 2.76 bits per heavy atom. The minimum atomic E-state index is 0.0916. The van der Waals surface area contributed by atoms with E-state index in [1.807, 2.05) is 24.3 Å². The van der Waals surface area contributed by atoms with Gasteiger partial charge >= 0.3 is 0 Å². The normalized spacial score (nSPS) is 23.1. The Balaban J connectivity index is 2.07. The van der Waals surface area contributed by atoms with Crippen molar-refractivity contribution in [3.05, 3.63) is 35.5 Å². The number of carbonyl (C=O) groups is 1. The van der Waals surface area contributed by atoms with Gasteiger partial charge in [-0.25, -0.2) is 0 Å². The van der Waals surface area contributed by atoms with Crippen molar-refractivity contribution in [2.24, 2.45) is 0 Å². The van der Waals surface area contributed by atoms with Crippen molar-refractivity contribution in [1.29, 1.82) is 0 Å². The highest BCUT2D eigenvalue weighted by Gasteiger charge is 2.28.